The molecule has 0 saturated heterocycles. The van der Waals surface area contributed by atoms with Gasteiger partial charge in [0, 0.05) is 19.2 Å². The Labute approximate surface area is 95.9 Å². The summed E-state index contributed by atoms with van der Waals surface area (Å²) < 4.78 is 5.30. The average Bonchev–Trinajstić information content (AvgIpc) is 2.64. The maximum Gasteiger partial charge on any atom is 0.289 e. The van der Waals surface area contributed by atoms with Gasteiger partial charge in [-0.1, -0.05) is 0 Å². The van der Waals surface area contributed by atoms with Gasteiger partial charge in [-0.3, -0.25) is 4.79 Å². The van der Waals surface area contributed by atoms with Crippen molar-refractivity contribution in [1.29, 1.82) is 0 Å². The van der Waals surface area contributed by atoms with E-state index >= 15 is 0 Å². The van der Waals surface area contributed by atoms with Crippen molar-refractivity contribution in [3.8, 4) is 0 Å². The van der Waals surface area contributed by atoms with Gasteiger partial charge in [0.15, 0.2) is 5.76 Å². The van der Waals surface area contributed by atoms with Gasteiger partial charge in [-0.2, -0.15) is 0 Å². The summed E-state index contributed by atoms with van der Waals surface area (Å²) in [4.78, 5) is 13.8. The van der Waals surface area contributed by atoms with Crippen molar-refractivity contribution in [1.82, 2.24) is 4.90 Å². The molecule has 0 bridgehead atoms. The number of nitrogens with zero attached hydrogens (tertiary/aromatic N) is 1. The highest BCUT2D eigenvalue weighted by atomic mass is 16.3. The number of aliphatic hydroxyl groups is 1. The number of hydrogen-bond donors (Lipinski definition) is 1. The zero-order valence-corrected chi connectivity index (χ0v) is 10.1. The lowest BCUT2D eigenvalue weighted by atomic mass is 10.2. The molecule has 0 aliphatic carbocycles. The smallest absolute Gasteiger partial charge is 0.289 e. The fraction of sp³-hybridized carbons (Fsp3) is 0.583. The van der Waals surface area contributed by atoms with Crippen molar-refractivity contribution < 1.29 is 14.3 Å². The lowest BCUT2D eigenvalue weighted by molar-refractivity contribution is 0.0659. The van der Waals surface area contributed by atoms with Gasteiger partial charge in [0.05, 0.1) is 0 Å². The topological polar surface area (TPSA) is 53.7 Å². The molecular formula is C12H19NO3. The minimum absolute atomic E-state index is 0.0910. The first-order valence-corrected chi connectivity index (χ1v) is 5.54. The molecule has 0 atom stereocenters. The maximum absolute atomic E-state index is 12.1. The Morgan fingerprint density at radius 1 is 1.50 bits per heavy atom. The Balaban J connectivity index is 2.74. The Kier molecular flexibility index (Phi) is 4.55. The molecule has 1 aromatic heterocycles. The maximum atomic E-state index is 12.1. The van der Waals surface area contributed by atoms with Gasteiger partial charge in [0.25, 0.3) is 5.91 Å². The summed E-state index contributed by atoms with van der Waals surface area (Å²) in [6.45, 7) is 6.35. The Bertz CT molecular complexity index is 344. The van der Waals surface area contributed by atoms with Gasteiger partial charge in [-0.25, -0.2) is 0 Å². The van der Waals surface area contributed by atoms with Crippen molar-refractivity contribution >= 4 is 5.91 Å². The second kappa shape index (κ2) is 5.70. The predicted molar refractivity (Wildman–Crippen MR) is 61.3 cm³/mol. The summed E-state index contributed by atoms with van der Waals surface area (Å²) in [5.41, 5.74) is 0. The minimum Gasteiger partial charge on any atom is -0.456 e. The van der Waals surface area contributed by atoms with E-state index in [0.717, 1.165) is 5.76 Å². The zero-order chi connectivity index (χ0) is 12.1. The molecule has 1 aromatic rings. The number of carbonyl (C=O) groups is 1. The largest absolute Gasteiger partial charge is 0.456 e. The molecular weight excluding hydrogens is 206 g/mol. The van der Waals surface area contributed by atoms with Crippen molar-refractivity contribution in [2.45, 2.75) is 33.2 Å². The van der Waals surface area contributed by atoms with Crippen molar-refractivity contribution in [2.75, 3.05) is 13.2 Å². The summed E-state index contributed by atoms with van der Waals surface area (Å²) >= 11 is 0. The summed E-state index contributed by atoms with van der Waals surface area (Å²) in [5, 5.41) is 8.79. The molecule has 1 amide bonds. The van der Waals surface area contributed by atoms with E-state index in [1.165, 1.54) is 0 Å². The molecule has 0 spiro atoms. The number of rotatable bonds is 5. The van der Waals surface area contributed by atoms with Gasteiger partial charge in [-0.05, 0) is 39.3 Å². The number of aryl methyl sites for hydroxylation is 1. The first kappa shape index (κ1) is 12.8. The highest BCUT2D eigenvalue weighted by Gasteiger charge is 2.20. The summed E-state index contributed by atoms with van der Waals surface area (Å²) in [6, 6.07) is 3.56. The van der Waals surface area contributed by atoms with Gasteiger partial charge in [0.2, 0.25) is 0 Å². The van der Waals surface area contributed by atoms with Crippen LogP contribution in [0, 0.1) is 6.92 Å². The summed E-state index contributed by atoms with van der Waals surface area (Å²) in [7, 11) is 0. The first-order valence-electron chi connectivity index (χ1n) is 5.54. The molecule has 0 saturated carbocycles. The van der Waals surface area contributed by atoms with Crippen LogP contribution in [0.1, 0.15) is 36.6 Å². The second-order valence-corrected chi connectivity index (χ2v) is 4.08. The van der Waals surface area contributed by atoms with Crippen LogP contribution in [0.5, 0.6) is 0 Å². The van der Waals surface area contributed by atoms with Gasteiger partial charge < -0.3 is 14.4 Å². The van der Waals surface area contributed by atoms with Crippen LogP contribution >= 0.6 is 0 Å². The molecule has 0 aliphatic heterocycles. The molecule has 4 heteroatoms. The molecule has 0 fully saturated rings. The second-order valence-electron chi connectivity index (χ2n) is 4.08. The minimum atomic E-state index is -0.114. The van der Waals surface area contributed by atoms with Crippen LogP contribution < -0.4 is 0 Å². The van der Waals surface area contributed by atoms with Crippen LogP contribution in [0.3, 0.4) is 0 Å². The lowest BCUT2D eigenvalue weighted by Gasteiger charge is -2.25. The molecule has 0 radical (unpaired) electrons. The van der Waals surface area contributed by atoms with Crippen LogP contribution in [0.2, 0.25) is 0 Å². The highest BCUT2D eigenvalue weighted by Crippen LogP contribution is 2.12. The van der Waals surface area contributed by atoms with E-state index in [0.29, 0.717) is 18.7 Å². The standard InChI is InChI=1S/C12H19NO3/c1-9(2)13(7-4-8-14)12(15)11-6-5-10(3)16-11/h5-6,9,14H,4,7-8H2,1-3H3. The molecule has 1 N–H and O–H groups in total. The Hall–Kier alpha value is -1.29. The molecule has 1 rings (SSSR count). The van der Waals surface area contributed by atoms with E-state index in [-0.39, 0.29) is 18.6 Å². The molecule has 0 unspecified atom stereocenters. The Morgan fingerprint density at radius 3 is 2.62 bits per heavy atom. The average molecular weight is 225 g/mol. The quantitative estimate of drug-likeness (QED) is 0.831. The van der Waals surface area contributed by atoms with Crippen LogP contribution in [-0.2, 0) is 0 Å². The van der Waals surface area contributed by atoms with E-state index in [4.69, 9.17) is 9.52 Å². The number of carbonyl (C=O) groups excluding carboxylic acids is 1. The summed E-state index contributed by atoms with van der Waals surface area (Å²) in [5.74, 6) is 0.981. The third-order valence-corrected chi connectivity index (χ3v) is 2.39. The van der Waals surface area contributed by atoms with E-state index in [1.54, 1.807) is 17.0 Å². The monoisotopic (exact) mass is 225 g/mol. The molecule has 16 heavy (non-hydrogen) atoms. The Morgan fingerprint density at radius 2 is 2.19 bits per heavy atom. The van der Waals surface area contributed by atoms with Crippen molar-refractivity contribution in [3.63, 3.8) is 0 Å². The first-order chi connectivity index (χ1) is 7.56. The number of amides is 1. The molecule has 1 heterocycles. The molecule has 4 nitrogen and oxygen atoms in total. The van der Waals surface area contributed by atoms with E-state index in [1.807, 2.05) is 20.8 Å². The third-order valence-electron chi connectivity index (χ3n) is 2.39. The zero-order valence-electron chi connectivity index (χ0n) is 10.1. The van der Waals surface area contributed by atoms with E-state index in [2.05, 4.69) is 0 Å². The molecule has 90 valence electrons. The van der Waals surface area contributed by atoms with E-state index in [9.17, 15) is 4.79 Å². The fourth-order valence-electron chi connectivity index (χ4n) is 1.53. The van der Waals surface area contributed by atoms with Crippen molar-refractivity contribution in [3.05, 3.63) is 23.7 Å². The van der Waals surface area contributed by atoms with Gasteiger partial charge in [-0.15, -0.1) is 0 Å². The highest BCUT2D eigenvalue weighted by molar-refractivity contribution is 5.91. The SMILES string of the molecule is Cc1ccc(C(=O)N(CCCO)C(C)C)o1. The third kappa shape index (κ3) is 3.10. The van der Waals surface area contributed by atoms with Crippen molar-refractivity contribution in [2.24, 2.45) is 0 Å². The van der Waals surface area contributed by atoms with Crippen LogP contribution in [0.4, 0.5) is 0 Å². The predicted octanol–water partition coefficient (Wildman–Crippen LogP) is 1.82. The molecule has 0 aliphatic rings. The number of furan rings is 1. The normalized spacial score (nSPS) is 10.8. The lowest BCUT2D eigenvalue weighted by Crippen LogP contribution is -2.37. The van der Waals surface area contributed by atoms with Crippen LogP contribution in [-0.4, -0.2) is 35.1 Å². The molecule has 0 aromatic carbocycles. The van der Waals surface area contributed by atoms with Gasteiger partial charge in [0.1, 0.15) is 5.76 Å². The number of hydrogen-bond acceptors (Lipinski definition) is 3. The van der Waals surface area contributed by atoms with Crippen LogP contribution in [0.15, 0.2) is 16.5 Å². The number of aliphatic hydroxyl groups excluding tert-OH is 1. The van der Waals surface area contributed by atoms with Gasteiger partial charge >= 0.3 is 0 Å². The summed E-state index contributed by atoms with van der Waals surface area (Å²) in [6.07, 6.45) is 0.587. The fourth-order valence-corrected chi connectivity index (χ4v) is 1.53. The van der Waals surface area contributed by atoms with E-state index < -0.39 is 0 Å². The van der Waals surface area contributed by atoms with Crippen LogP contribution in [0.25, 0.3) is 0 Å².